The molecule has 0 spiro atoms. The highest BCUT2D eigenvalue weighted by Crippen LogP contribution is 1.96. The lowest BCUT2D eigenvalue weighted by atomic mass is 10.4. The third kappa shape index (κ3) is 5.85. The smallest absolute Gasteiger partial charge is 0.404 e. The third-order valence-electron chi connectivity index (χ3n) is 0.851. The molecule has 0 aliphatic heterocycles. The molecule has 4 heteroatoms. The molecular weight excluding hydrogens is 156 g/mol. The summed E-state index contributed by atoms with van der Waals surface area (Å²) >= 11 is 4.93. The summed E-state index contributed by atoms with van der Waals surface area (Å²) < 4.78 is 9.51. The molecule has 0 rings (SSSR count). The Bertz CT molecular complexity index is 105. The first-order chi connectivity index (χ1) is 4.66. The summed E-state index contributed by atoms with van der Waals surface area (Å²) in [6, 6.07) is 0. The van der Waals surface area contributed by atoms with E-state index < -0.39 is 5.43 Å². The molecule has 1 unspecified atom stereocenters. The maximum atomic E-state index is 10.1. The van der Waals surface area contributed by atoms with Crippen LogP contribution in [0.25, 0.3) is 0 Å². The Labute approximate surface area is 65.3 Å². The Hall–Kier alpha value is -0.280. The van der Waals surface area contributed by atoms with Crippen LogP contribution in [-0.4, -0.2) is 24.7 Å². The van der Waals surface area contributed by atoms with Crippen LogP contribution in [0.1, 0.15) is 13.8 Å². The van der Waals surface area contributed by atoms with Crippen molar-refractivity contribution < 1.29 is 14.3 Å². The number of rotatable bonds is 4. The van der Waals surface area contributed by atoms with Crippen molar-refractivity contribution in [1.29, 1.82) is 0 Å². The van der Waals surface area contributed by atoms with Gasteiger partial charge in [-0.3, -0.25) is 0 Å². The molecule has 0 amide bonds. The van der Waals surface area contributed by atoms with Crippen LogP contribution in [0.3, 0.4) is 0 Å². The third-order valence-corrected chi connectivity index (χ3v) is 0.940. The fourth-order valence-corrected chi connectivity index (χ4v) is 0.628. The lowest BCUT2D eigenvalue weighted by molar-refractivity contribution is 0.0434. The van der Waals surface area contributed by atoms with Gasteiger partial charge in [-0.1, -0.05) is 0 Å². The highest BCUT2D eigenvalue weighted by atomic mass is 35.5. The largest absolute Gasteiger partial charge is 0.448 e. The Kier molecular flexibility index (Phi) is 5.35. The maximum Gasteiger partial charge on any atom is 0.404 e. The van der Waals surface area contributed by atoms with E-state index in [0.29, 0.717) is 13.2 Å². The zero-order valence-corrected chi connectivity index (χ0v) is 6.85. The van der Waals surface area contributed by atoms with Gasteiger partial charge in [-0.05, 0) is 13.8 Å². The van der Waals surface area contributed by atoms with Crippen LogP contribution in [0, 0.1) is 0 Å². The van der Waals surface area contributed by atoms with Crippen LogP contribution >= 0.6 is 11.6 Å². The lowest BCUT2D eigenvalue weighted by Crippen LogP contribution is -2.16. The minimum absolute atomic E-state index is 0.259. The van der Waals surface area contributed by atoms with Gasteiger partial charge < -0.3 is 9.47 Å². The summed E-state index contributed by atoms with van der Waals surface area (Å²) in [5, 5.41) is 0. The summed E-state index contributed by atoms with van der Waals surface area (Å²) in [5.74, 6) is 0. The second kappa shape index (κ2) is 5.50. The van der Waals surface area contributed by atoms with E-state index in [1.54, 1.807) is 6.92 Å². The van der Waals surface area contributed by atoms with Gasteiger partial charge in [-0.2, -0.15) is 0 Å². The fourth-order valence-electron chi connectivity index (χ4n) is 0.476. The molecular formula is C6H11ClO3. The second-order valence-electron chi connectivity index (χ2n) is 1.83. The van der Waals surface area contributed by atoms with E-state index >= 15 is 0 Å². The minimum atomic E-state index is -0.785. The van der Waals surface area contributed by atoms with Crippen molar-refractivity contribution in [2.45, 2.75) is 20.0 Å². The molecule has 0 saturated carbocycles. The van der Waals surface area contributed by atoms with E-state index in [9.17, 15) is 4.79 Å². The predicted octanol–water partition coefficient (Wildman–Crippen LogP) is 1.79. The molecule has 0 aromatic heterocycles. The second-order valence-corrected chi connectivity index (χ2v) is 2.13. The van der Waals surface area contributed by atoms with Gasteiger partial charge in [0.1, 0.15) is 6.10 Å². The van der Waals surface area contributed by atoms with Gasteiger partial charge in [-0.15, -0.1) is 0 Å². The molecule has 1 atom stereocenters. The Morgan fingerprint density at radius 3 is 2.70 bits per heavy atom. The van der Waals surface area contributed by atoms with Crippen molar-refractivity contribution in [3.63, 3.8) is 0 Å². The molecule has 0 radical (unpaired) electrons. The van der Waals surface area contributed by atoms with Crippen LogP contribution in [-0.2, 0) is 9.47 Å². The monoisotopic (exact) mass is 166 g/mol. The molecule has 0 N–H and O–H groups in total. The number of hydrogen-bond acceptors (Lipinski definition) is 3. The van der Waals surface area contributed by atoms with Gasteiger partial charge in [-0.25, -0.2) is 4.79 Å². The number of carbonyl (C=O) groups is 1. The summed E-state index contributed by atoms with van der Waals surface area (Å²) in [6.45, 7) is 4.60. The molecule has 0 aliphatic rings. The molecule has 3 nitrogen and oxygen atoms in total. The van der Waals surface area contributed by atoms with Gasteiger partial charge >= 0.3 is 5.43 Å². The maximum absolute atomic E-state index is 10.1. The molecule has 0 saturated heterocycles. The molecule has 0 heterocycles. The normalized spacial score (nSPS) is 12.7. The first-order valence-electron chi connectivity index (χ1n) is 3.10. The van der Waals surface area contributed by atoms with Crippen molar-refractivity contribution in [2.75, 3.05) is 13.2 Å². The van der Waals surface area contributed by atoms with Crippen LogP contribution < -0.4 is 0 Å². The Morgan fingerprint density at radius 2 is 2.30 bits per heavy atom. The van der Waals surface area contributed by atoms with Gasteiger partial charge in [0.15, 0.2) is 0 Å². The highest BCUT2D eigenvalue weighted by molar-refractivity contribution is 6.61. The minimum Gasteiger partial charge on any atom is -0.448 e. The summed E-state index contributed by atoms with van der Waals surface area (Å²) in [6.07, 6.45) is -0.259. The molecule has 0 aromatic rings. The van der Waals surface area contributed by atoms with Gasteiger partial charge in [0.2, 0.25) is 0 Å². The number of ether oxygens (including phenoxy) is 2. The number of halogens is 1. The molecule has 0 aliphatic carbocycles. The zero-order chi connectivity index (χ0) is 7.98. The van der Waals surface area contributed by atoms with E-state index in [2.05, 4.69) is 4.74 Å². The average molecular weight is 167 g/mol. The van der Waals surface area contributed by atoms with E-state index in [1.807, 2.05) is 6.92 Å². The molecule has 10 heavy (non-hydrogen) atoms. The summed E-state index contributed by atoms with van der Waals surface area (Å²) in [4.78, 5) is 10.1. The molecule has 0 bridgehead atoms. The molecule has 0 aromatic carbocycles. The Morgan fingerprint density at radius 1 is 1.70 bits per heavy atom. The average Bonchev–Trinajstić information content (AvgIpc) is 1.82. The van der Waals surface area contributed by atoms with E-state index in [4.69, 9.17) is 16.3 Å². The first kappa shape index (κ1) is 9.72. The van der Waals surface area contributed by atoms with E-state index in [0.717, 1.165) is 0 Å². The standard InChI is InChI=1S/C6H11ClO3/c1-3-9-4-5(2)10-6(7)8/h5H,3-4H2,1-2H3. The van der Waals surface area contributed by atoms with Gasteiger partial charge in [0.05, 0.1) is 6.61 Å². The summed E-state index contributed by atoms with van der Waals surface area (Å²) in [7, 11) is 0. The van der Waals surface area contributed by atoms with Crippen molar-refractivity contribution in [1.82, 2.24) is 0 Å². The van der Waals surface area contributed by atoms with Crippen molar-refractivity contribution in [3.8, 4) is 0 Å². The highest BCUT2D eigenvalue weighted by Gasteiger charge is 2.04. The zero-order valence-electron chi connectivity index (χ0n) is 6.09. The quantitative estimate of drug-likeness (QED) is 0.598. The van der Waals surface area contributed by atoms with Crippen molar-refractivity contribution in [3.05, 3.63) is 0 Å². The van der Waals surface area contributed by atoms with E-state index in [1.165, 1.54) is 0 Å². The molecule has 60 valence electrons. The lowest BCUT2D eigenvalue weighted by Gasteiger charge is -2.09. The number of hydrogen-bond donors (Lipinski definition) is 0. The summed E-state index contributed by atoms with van der Waals surface area (Å²) in [5.41, 5.74) is -0.785. The van der Waals surface area contributed by atoms with Gasteiger partial charge in [0, 0.05) is 18.2 Å². The topological polar surface area (TPSA) is 35.5 Å². The van der Waals surface area contributed by atoms with Gasteiger partial charge in [0.25, 0.3) is 0 Å². The van der Waals surface area contributed by atoms with Crippen molar-refractivity contribution >= 4 is 17.0 Å². The van der Waals surface area contributed by atoms with Crippen LogP contribution in [0.15, 0.2) is 0 Å². The SMILES string of the molecule is CCOCC(C)OC(=O)Cl. The number of carbonyl (C=O) groups excluding carboxylic acids is 1. The van der Waals surface area contributed by atoms with Crippen LogP contribution in [0.2, 0.25) is 0 Å². The Balaban J connectivity index is 3.25. The van der Waals surface area contributed by atoms with E-state index in [-0.39, 0.29) is 6.10 Å². The molecule has 0 fully saturated rings. The van der Waals surface area contributed by atoms with Crippen LogP contribution in [0.5, 0.6) is 0 Å². The first-order valence-corrected chi connectivity index (χ1v) is 3.48. The van der Waals surface area contributed by atoms with Crippen LogP contribution in [0.4, 0.5) is 4.79 Å². The fraction of sp³-hybridized carbons (Fsp3) is 0.833. The van der Waals surface area contributed by atoms with Crippen molar-refractivity contribution in [2.24, 2.45) is 0 Å². The predicted molar refractivity (Wildman–Crippen MR) is 38.3 cm³/mol.